The highest BCUT2D eigenvalue weighted by Gasteiger charge is 2.23. The molecule has 7 heteroatoms. The Morgan fingerprint density at radius 3 is 2.52 bits per heavy atom. The van der Waals surface area contributed by atoms with E-state index in [1.165, 1.54) is 0 Å². The third kappa shape index (κ3) is 4.33. The van der Waals surface area contributed by atoms with Gasteiger partial charge in [0.15, 0.2) is 0 Å². The van der Waals surface area contributed by atoms with E-state index in [9.17, 15) is 9.59 Å². The van der Waals surface area contributed by atoms with Crippen molar-refractivity contribution in [3.8, 4) is 0 Å². The van der Waals surface area contributed by atoms with Crippen LogP contribution in [0.3, 0.4) is 0 Å². The zero-order valence-corrected chi connectivity index (χ0v) is 13.3. The van der Waals surface area contributed by atoms with Crippen molar-refractivity contribution in [1.29, 1.82) is 0 Å². The Hall–Kier alpha value is -1.30. The first-order valence-electron chi connectivity index (χ1n) is 6.64. The maximum Gasteiger partial charge on any atom is 0.256 e. The van der Waals surface area contributed by atoms with Gasteiger partial charge in [-0.1, -0.05) is 11.6 Å². The zero-order chi connectivity index (χ0) is 14.7. The van der Waals surface area contributed by atoms with Crippen LogP contribution in [-0.2, 0) is 4.79 Å². The van der Waals surface area contributed by atoms with Gasteiger partial charge in [0.2, 0.25) is 5.91 Å². The Morgan fingerprint density at radius 2 is 1.95 bits per heavy atom. The lowest BCUT2D eigenvalue weighted by Gasteiger charge is -2.18. The molecule has 116 valence electrons. The molecule has 1 saturated heterocycles. The van der Waals surface area contributed by atoms with Gasteiger partial charge < -0.3 is 16.0 Å². The number of likely N-dealkylation sites (tertiary alicyclic amines) is 1. The second kappa shape index (κ2) is 7.64. The summed E-state index contributed by atoms with van der Waals surface area (Å²) in [6.07, 6.45) is 2.02. The molecule has 0 saturated carbocycles. The van der Waals surface area contributed by atoms with E-state index in [1.54, 1.807) is 30.0 Å². The summed E-state index contributed by atoms with van der Waals surface area (Å²) in [5.41, 5.74) is 6.39. The first kappa shape index (κ1) is 17.8. The number of hydrogen-bond acceptors (Lipinski definition) is 3. The van der Waals surface area contributed by atoms with E-state index < -0.39 is 6.04 Å². The first-order valence-corrected chi connectivity index (χ1v) is 7.02. The van der Waals surface area contributed by atoms with Crippen molar-refractivity contribution in [2.24, 2.45) is 5.73 Å². The maximum atomic E-state index is 12.5. The molecule has 0 unspecified atom stereocenters. The van der Waals surface area contributed by atoms with E-state index >= 15 is 0 Å². The van der Waals surface area contributed by atoms with Gasteiger partial charge in [-0.3, -0.25) is 9.59 Å². The summed E-state index contributed by atoms with van der Waals surface area (Å²) in [5.74, 6) is -0.437. The van der Waals surface area contributed by atoms with Crippen LogP contribution in [0.1, 0.15) is 30.1 Å². The van der Waals surface area contributed by atoms with Crippen LogP contribution in [0.25, 0.3) is 0 Å². The van der Waals surface area contributed by atoms with Gasteiger partial charge in [-0.25, -0.2) is 0 Å². The average Bonchev–Trinajstić information content (AvgIpc) is 2.93. The number of benzene rings is 1. The number of amides is 2. The molecule has 1 aliphatic heterocycles. The molecular weight excluding hydrogens is 313 g/mol. The number of nitrogens with zero attached hydrogens (tertiary/aromatic N) is 1. The number of anilines is 1. The molecule has 0 aromatic heterocycles. The first-order chi connectivity index (χ1) is 9.49. The lowest BCUT2D eigenvalue weighted by atomic mass is 10.1. The fourth-order valence-corrected chi connectivity index (χ4v) is 2.31. The van der Waals surface area contributed by atoms with Crippen molar-refractivity contribution in [3.05, 3.63) is 28.8 Å². The Kier molecular flexibility index (Phi) is 6.45. The molecule has 0 radical (unpaired) electrons. The van der Waals surface area contributed by atoms with Crippen LogP contribution in [-0.4, -0.2) is 35.8 Å². The van der Waals surface area contributed by atoms with Gasteiger partial charge >= 0.3 is 0 Å². The minimum absolute atomic E-state index is 0. The zero-order valence-electron chi connectivity index (χ0n) is 11.8. The summed E-state index contributed by atoms with van der Waals surface area (Å²) in [5, 5.41) is 3.14. The molecule has 5 nitrogen and oxygen atoms in total. The van der Waals surface area contributed by atoms with Crippen molar-refractivity contribution < 1.29 is 9.59 Å². The smallest absolute Gasteiger partial charge is 0.256 e. The molecule has 21 heavy (non-hydrogen) atoms. The van der Waals surface area contributed by atoms with E-state index in [1.807, 2.05) is 0 Å². The minimum Gasteiger partial charge on any atom is -0.339 e. The van der Waals surface area contributed by atoms with Crippen LogP contribution < -0.4 is 11.1 Å². The molecule has 3 N–H and O–H groups in total. The van der Waals surface area contributed by atoms with Crippen molar-refractivity contribution in [2.45, 2.75) is 25.8 Å². The third-order valence-corrected chi connectivity index (χ3v) is 3.51. The molecule has 0 bridgehead atoms. The van der Waals surface area contributed by atoms with E-state index in [2.05, 4.69) is 5.32 Å². The standard InChI is InChI=1S/C14H18ClN3O2.ClH/c1-9(16)13(19)17-12-5-4-10(15)8-11(12)14(20)18-6-2-3-7-18;/h4-5,8-9H,2-3,6-7,16H2,1H3,(H,17,19);1H/t9-;/m0./s1. The van der Waals surface area contributed by atoms with Gasteiger partial charge in [-0.2, -0.15) is 0 Å². The van der Waals surface area contributed by atoms with Crippen LogP contribution in [0.4, 0.5) is 5.69 Å². The average molecular weight is 332 g/mol. The van der Waals surface area contributed by atoms with Gasteiger partial charge in [-0.15, -0.1) is 12.4 Å². The van der Waals surface area contributed by atoms with Crippen LogP contribution in [0.5, 0.6) is 0 Å². The molecule has 1 heterocycles. The Labute approximate surface area is 135 Å². The van der Waals surface area contributed by atoms with Gasteiger partial charge in [0.05, 0.1) is 17.3 Å². The molecule has 1 fully saturated rings. The lowest BCUT2D eigenvalue weighted by molar-refractivity contribution is -0.117. The van der Waals surface area contributed by atoms with Gasteiger partial charge in [0.1, 0.15) is 0 Å². The second-order valence-corrected chi connectivity index (χ2v) is 5.40. The number of carbonyl (C=O) groups excluding carboxylic acids is 2. The van der Waals surface area contributed by atoms with E-state index in [0.29, 0.717) is 16.3 Å². The predicted octanol–water partition coefficient (Wildman–Crippen LogP) is 2.28. The van der Waals surface area contributed by atoms with Gasteiger partial charge in [-0.05, 0) is 38.0 Å². The number of rotatable bonds is 3. The molecule has 1 aromatic carbocycles. The topological polar surface area (TPSA) is 75.4 Å². The van der Waals surface area contributed by atoms with Crippen LogP contribution in [0, 0.1) is 0 Å². The summed E-state index contributed by atoms with van der Waals surface area (Å²) in [6.45, 7) is 3.07. The van der Waals surface area contributed by atoms with Crippen molar-refractivity contribution in [3.63, 3.8) is 0 Å². The highest BCUT2D eigenvalue weighted by Crippen LogP contribution is 2.24. The summed E-state index contributed by atoms with van der Waals surface area (Å²) in [4.78, 5) is 25.9. The van der Waals surface area contributed by atoms with Gasteiger partial charge in [0, 0.05) is 18.1 Å². The quantitative estimate of drug-likeness (QED) is 0.892. The Bertz CT molecular complexity index is 529. The normalized spacial score (nSPS) is 15.3. The van der Waals surface area contributed by atoms with Crippen molar-refractivity contribution in [2.75, 3.05) is 18.4 Å². The molecule has 1 aliphatic rings. The Morgan fingerprint density at radius 1 is 1.33 bits per heavy atom. The third-order valence-electron chi connectivity index (χ3n) is 3.28. The molecule has 2 rings (SSSR count). The Balaban J connectivity index is 0.00000220. The van der Waals surface area contributed by atoms with Crippen molar-refractivity contribution in [1.82, 2.24) is 4.90 Å². The van der Waals surface area contributed by atoms with Crippen LogP contribution >= 0.6 is 24.0 Å². The monoisotopic (exact) mass is 331 g/mol. The molecule has 1 aromatic rings. The van der Waals surface area contributed by atoms with E-state index in [0.717, 1.165) is 25.9 Å². The highest BCUT2D eigenvalue weighted by atomic mass is 35.5. The summed E-state index contributed by atoms with van der Waals surface area (Å²) < 4.78 is 0. The minimum atomic E-state index is -0.639. The molecule has 2 amide bonds. The number of nitrogens with one attached hydrogen (secondary N) is 1. The fourth-order valence-electron chi connectivity index (χ4n) is 2.14. The number of carbonyl (C=O) groups is 2. The highest BCUT2D eigenvalue weighted by molar-refractivity contribution is 6.31. The molecule has 1 atom stereocenters. The SMILES string of the molecule is C[C@H](N)C(=O)Nc1ccc(Cl)cc1C(=O)N1CCCC1.Cl. The van der Waals surface area contributed by atoms with Crippen molar-refractivity contribution >= 4 is 41.5 Å². The van der Waals surface area contributed by atoms with E-state index in [-0.39, 0.29) is 24.2 Å². The largest absolute Gasteiger partial charge is 0.339 e. The fraction of sp³-hybridized carbons (Fsp3) is 0.429. The summed E-state index contributed by atoms with van der Waals surface area (Å²) >= 11 is 5.96. The second-order valence-electron chi connectivity index (χ2n) is 4.97. The number of halogens is 2. The molecular formula is C14H19Cl2N3O2. The van der Waals surface area contributed by atoms with E-state index in [4.69, 9.17) is 17.3 Å². The summed E-state index contributed by atoms with van der Waals surface area (Å²) in [7, 11) is 0. The molecule has 0 aliphatic carbocycles. The van der Waals surface area contributed by atoms with Crippen LogP contribution in [0.2, 0.25) is 5.02 Å². The maximum absolute atomic E-state index is 12.5. The summed E-state index contributed by atoms with van der Waals surface area (Å²) in [6, 6.07) is 4.21. The van der Waals surface area contributed by atoms with Gasteiger partial charge in [0.25, 0.3) is 5.91 Å². The lowest BCUT2D eigenvalue weighted by Crippen LogP contribution is -2.34. The van der Waals surface area contributed by atoms with Crippen LogP contribution in [0.15, 0.2) is 18.2 Å². The number of nitrogens with two attached hydrogens (primary N) is 1. The number of hydrogen-bond donors (Lipinski definition) is 2. The molecule has 0 spiro atoms. The predicted molar refractivity (Wildman–Crippen MR) is 86.1 cm³/mol.